The van der Waals surface area contributed by atoms with Crippen LogP contribution in [-0.4, -0.2) is 57.2 Å². The van der Waals surface area contributed by atoms with Crippen molar-refractivity contribution in [2.75, 3.05) is 13.1 Å². The summed E-state index contributed by atoms with van der Waals surface area (Å²) < 4.78 is 10.8. The lowest BCUT2D eigenvalue weighted by Crippen LogP contribution is -2.59. The summed E-state index contributed by atoms with van der Waals surface area (Å²) in [5, 5.41) is 22.7. The van der Waals surface area contributed by atoms with Crippen LogP contribution < -0.4 is 11.1 Å². The number of guanidine groups is 2. The van der Waals surface area contributed by atoms with Gasteiger partial charge in [0.2, 0.25) is 11.9 Å². The molecule has 2 amide bonds. The lowest BCUT2D eigenvalue weighted by atomic mass is 10.0. The highest BCUT2D eigenvalue weighted by Crippen LogP contribution is 2.32. The molecule has 0 aliphatic rings. The van der Waals surface area contributed by atoms with E-state index in [1.165, 1.54) is 5.01 Å². The Balaban J connectivity index is 1.80. The maximum atomic E-state index is 14.3. The van der Waals surface area contributed by atoms with Gasteiger partial charge in [0.25, 0.3) is 11.8 Å². The second-order valence-electron chi connectivity index (χ2n) is 10.0. The summed E-state index contributed by atoms with van der Waals surface area (Å²) in [6.45, 7) is 9.45. The third kappa shape index (κ3) is 6.50. The number of nitrogens with two attached hydrogens (primary N) is 1. The van der Waals surface area contributed by atoms with Crippen LogP contribution in [-0.2, 0) is 0 Å². The lowest BCUT2D eigenvalue weighted by molar-refractivity contribution is 0.0559. The van der Waals surface area contributed by atoms with Gasteiger partial charge in [0.1, 0.15) is 34.0 Å². The average molecular weight is 619 g/mol. The van der Waals surface area contributed by atoms with Gasteiger partial charge < -0.3 is 20.1 Å². The van der Waals surface area contributed by atoms with Gasteiger partial charge in [0, 0.05) is 24.2 Å². The Labute approximate surface area is 260 Å². The zero-order chi connectivity index (χ0) is 32.0. The molecular weight excluding hydrogens is 584 g/mol. The van der Waals surface area contributed by atoms with Gasteiger partial charge in [0.05, 0.1) is 5.02 Å². The smallest absolute Gasteiger partial charge is 0.286 e. The van der Waals surface area contributed by atoms with Crippen molar-refractivity contribution in [2.24, 2.45) is 10.7 Å². The number of nitrogens with one attached hydrogen (secondary N) is 2. The molecule has 2 heterocycles. The minimum absolute atomic E-state index is 0.0816. The molecular formula is C31H35ClN8O4. The quantitative estimate of drug-likeness (QED) is 0.127. The molecule has 12 nitrogen and oxygen atoms in total. The zero-order valence-electron chi connectivity index (χ0n) is 25.3. The van der Waals surface area contributed by atoms with Crippen LogP contribution in [0.25, 0.3) is 22.5 Å². The molecule has 0 bridgehead atoms. The molecule has 13 heteroatoms. The number of hydrogen-bond acceptors (Lipinski definition) is 7. The van der Waals surface area contributed by atoms with E-state index < -0.39 is 11.8 Å². The van der Waals surface area contributed by atoms with Crippen molar-refractivity contribution in [1.29, 1.82) is 5.41 Å². The SMILES string of the molecule is CCCNC(=N)N(C(=O)c1c(-c2ccccc2Cl)noc1C)N(CCC)C(N)=NC(=O)c1c(-c2ccccc2C)noc1C. The maximum Gasteiger partial charge on any atom is 0.286 e. The number of carbonyl (C=O) groups is 2. The molecule has 0 spiro atoms. The van der Waals surface area contributed by atoms with Gasteiger partial charge in [-0.25, -0.2) is 5.01 Å². The summed E-state index contributed by atoms with van der Waals surface area (Å²) in [6.07, 6.45) is 1.18. The van der Waals surface area contributed by atoms with Crippen molar-refractivity contribution in [3.8, 4) is 22.5 Å². The first-order valence-electron chi connectivity index (χ1n) is 14.2. The molecule has 4 rings (SSSR count). The number of rotatable bonds is 8. The van der Waals surface area contributed by atoms with Gasteiger partial charge in [-0.3, -0.25) is 15.0 Å². The topological polar surface area (TPSA) is 167 Å². The predicted molar refractivity (Wildman–Crippen MR) is 168 cm³/mol. The first-order chi connectivity index (χ1) is 21.1. The highest BCUT2D eigenvalue weighted by Gasteiger charge is 2.34. The van der Waals surface area contributed by atoms with E-state index in [2.05, 4.69) is 20.6 Å². The molecule has 4 N–H and O–H groups in total. The Kier molecular flexibility index (Phi) is 10.2. The first-order valence-corrected chi connectivity index (χ1v) is 14.5. The number of carbonyl (C=O) groups excluding carboxylic acids is 2. The minimum atomic E-state index is -0.709. The summed E-state index contributed by atoms with van der Waals surface area (Å²) in [7, 11) is 0. The van der Waals surface area contributed by atoms with Crippen molar-refractivity contribution in [3.63, 3.8) is 0 Å². The first kappa shape index (κ1) is 32.0. The molecule has 230 valence electrons. The van der Waals surface area contributed by atoms with E-state index in [0.29, 0.717) is 41.2 Å². The number of aromatic nitrogens is 2. The number of hydrazine groups is 1. The van der Waals surface area contributed by atoms with Crippen LogP contribution >= 0.6 is 11.6 Å². The van der Waals surface area contributed by atoms with Crippen LogP contribution in [0.1, 0.15) is 64.5 Å². The van der Waals surface area contributed by atoms with Gasteiger partial charge >= 0.3 is 0 Å². The van der Waals surface area contributed by atoms with E-state index in [1.54, 1.807) is 38.1 Å². The standard InChI is InChI=1S/C31H35ClN8O4/c1-6-16-35-30(33)40(29(42)25-20(5)44-38-27(25)22-14-10-11-15-23(22)32)39(17-7-2)31(34)36-28(41)24-19(4)43-37-26(24)21-13-9-8-12-18(21)3/h8-15H,6-7,16-17H2,1-5H3,(H2,33,35)(H2,34,36,41). The highest BCUT2D eigenvalue weighted by atomic mass is 35.5. The summed E-state index contributed by atoms with van der Waals surface area (Å²) in [6, 6.07) is 14.4. The Morgan fingerprint density at radius 3 is 2.14 bits per heavy atom. The molecule has 0 saturated heterocycles. The molecule has 0 atom stereocenters. The highest BCUT2D eigenvalue weighted by molar-refractivity contribution is 6.33. The maximum absolute atomic E-state index is 14.3. The van der Waals surface area contributed by atoms with Gasteiger partial charge in [-0.1, -0.05) is 78.2 Å². The van der Waals surface area contributed by atoms with E-state index in [4.69, 9.17) is 31.8 Å². The molecule has 0 saturated carbocycles. The Hall–Kier alpha value is -4.97. The summed E-state index contributed by atoms with van der Waals surface area (Å²) in [5.41, 5.74) is 9.33. The molecule has 4 aromatic rings. The van der Waals surface area contributed by atoms with E-state index in [9.17, 15) is 9.59 Å². The van der Waals surface area contributed by atoms with Crippen LogP contribution in [0, 0.1) is 26.2 Å². The lowest BCUT2D eigenvalue weighted by Gasteiger charge is -2.35. The van der Waals surface area contributed by atoms with Crippen LogP contribution in [0.3, 0.4) is 0 Å². The normalized spacial score (nSPS) is 11.4. The Morgan fingerprint density at radius 1 is 0.932 bits per heavy atom. The third-order valence-corrected chi connectivity index (χ3v) is 7.12. The van der Waals surface area contributed by atoms with Gasteiger partial charge in [-0.15, -0.1) is 0 Å². The number of aliphatic imine (C=N–C) groups is 1. The van der Waals surface area contributed by atoms with Crippen molar-refractivity contribution in [3.05, 3.63) is 81.8 Å². The van der Waals surface area contributed by atoms with E-state index in [-0.39, 0.29) is 46.8 Å². The summed E-state index contributed by atoms with van der Waals surface area (Å²) in [4.78, 5) is 32.2. The van der Waals surface area contributed by atoms with Gasteiger partial charge in [-0.2, -0.15) is 10.0 Å². The molecule has 0 fully saturated rings. The van der Waals surface area contributed by atoms with Crippen molar-refractivity contribution in [2.45, 2.75) is 47.5 Å². The van der Waals surface area contributed by atoms with Gasteiger partial charge in [0.15, 0.2) is 0 Å². The minimum Gasteiger partial charge on any atom is -0.368 e. The number of amides is 2. The molecule has 2 aromatic carbocycles. The average Bonchev–Trinajstić information content (AvgIpc) is 3.58. The van der Waals surface area contributed by atoms with Crippen molar-refractivity contribution >= 4 is 35.3 Å². The van der Waals surface area contributed by atoms with Crippen LogP contribution in [0.2, 0.25) is 5.02 Å². The molecule has 0 unspecified atom stereocenters. The van der Waals surface area contributed by atoms with Crippen molar-refractivity contribution < 1.29 is 18.6 Å². The number of benzene rings is 2. The predicted octanol–water partition coefficient (Wildman–Crippen LogP) is 5.73. The molecule has 0 aliphatic heterocycles. The monoisotopic (exact) mass is 618 g/mol. The Bertz CT molecular complexity index is 1710. The van der Waals surface area contributed by atoms with Crippen LogP contribution in [0.4, 0.5) is 0 Å². The fourth-order valence-electron chi connectivity index (χ4n) is 4.61. The van der Waals surface area contributed by atoms with Crippen molar-refractivity contribution in [1.82, 2.24) is 25.6 Å². The second-order valence-corrected chi connectivity index (χ2v) is 10.4. The number of halogens is 1. The van der Waals surface area contributed by atoms with E-state index in [1.807, 2.05) is 45.0 Å². The fourth-order valence-corrected chi connectivity index (χ4v) is 4.84. The second kappa shape index (κ2) is 14.0. The van der Waals surface area contributed by atoms with E-state index in [0.717, 1.165) is 10.6 Å². The number of nitrogens with zero attached hydrogens (tertiary/aromatic N) is 5. The zero-order valence-corrected chi connectivity index (χ0v) is 26.0. The number of aryl methyl sites for hydroxylation is 3. The largest absolute Gasteiger partial charge is 0.368 e. The molecule has 2 aromatic heterocycles. The summed E-state index contributed by atoms with van der Waals surface area (Å²) in [5.74, 6) is -1.49. The van der Waals surface area contributed by atoms with Crippen LogP contribution in [0.15, 0.2) is 62.6 Å². The molecule has 44 heavy (non-hydrogen) atoms. The fraction of sp³-hybridized carbons (Fsp3) is 0.290. The third-order valence-electron chi connectivity index (χ3n) is 6.79. The van der Waals surface area contributed by atoms with E-state index >= 15 is 0 Å². The molecule has 0 aliphatic carbocycles. The number of hydrogen-bond donors (Lipinski definition) is 3. The summed E-state index contributed by atoms with van der Waals surface area (Å²) >= 11 is 6.44. The van der Waals surface area contributed by atoms with Crippen LogP contribution in [0.5, 0.6) is 0 Å². The molecule has 0 radical (unpaired) electrons. The van der Waals surface area contributed by atoms with Gasteiger partial charge in [-0.05, 0) is 45.2 Å². The Morgan fingerprint density at radius 2 is 1.52 bits per heavy atom.